The minimum atomic E-state index is -4.44. The van der Waals surface area contributed by atoms with Gasteiger partial charge in [0, 0.05) is 11.9 Å². The van der Waals surface area contributed by atoms with E-state index in [4.69, 9.17) is 0 Å². The van der Waals surface area contributed by atoms with Gasteiger partial charge in [-0.05, 0) is 17.9 Å². The van der Waals surface area contributed by atoms with Crippen LogP contribution >= 0.6 is 11.3 Å². The van der Waals surface area contributed by atoms with Gasteiger partial charge in [-0.2, -0.15) is 24.5 Å². The van der Waals surface area contributed by atoms with Gasteiger partial charge in [0.15, 0.2) is 0 Å². The number of aryl methyl sites for hydroxylation is 1. The van der Waals surface area contributed by atoms with E-state index in [1.54, 1.807) is 11.5 Å². The number of aliphatic carboxylic acids is 1. The van der Waals surface area contributed by atoms with Gasteiger partial charge < -0.3 is 9.67 Å². The number of halogens is 3. The second kappa shape index (κ2) is 5.60. The van der Waals surface area contributed by atoms with Crippen LogP contribution in [0.4, 0.5) is 13.2 Å². The molecule has 10 heteroatoms. The van der Waals surface area contributed by atoms with E-state index in [-0.39, 0.29) is 25.2 Å². The second-order valence-electron chi connectivity index (χ2n) is 5.34. The fourth-order valence-electron chi connectivity index (χ4n) is 2.67. The molecule has 1 N–H and O–H groups in total. The second-order valence-corrected chi connectivity index (χ2v) is 6.09. The molecule has 3 heterocycles. The van der Waals surface area contributed by atoms with Crippen LogP contribution in [-0.2, 0) is 30.6 Å². The molecule has 3 rings (SSSR count). The van der Waals surface area contributed by atoms with E-state index < -0.39 is 23.8 Å². The van der Waals surface area contributed by atoms with Crippen molar-refractivity contribution in [1.82, 2.24) is 19.7 Å². The summed E-state index contributed by atoms with van der Waals surface area (Å²) in [5.74, 6) is 0.0775. The summed E-state index contributed by atoms with van der Waals surface area (Å²) in [5.41, 5.74) is -0.631. The van der Waals surface area contributed by atoms with Crippen LogP contribution in [0.3, 0.4) is 0 Å². The van der Waals surface area contributed by atoms with Crippen LogP contribution in [0.2, 0.25) is 0 Å². The number of rotatable bonds is 3. The van der Waals surface area contributed by atoms with Crippen molar-refractivity contribution in [3.05, 3.63) is 33.5 Å². The first kappa shape index (κ1) is 15.9. The Morgan fingerprint density at radius 2 is 2.17 bits per heavy atom. The molecule has 2 aromatic rings. The van der Waals surface area contributed by atoms with E-state index in [9.17, 15) is 23.1 Å². The molecule has 6 nitrogen and oxygen atoms in total. The molecule has 0 spiro atoms. The number of carbonyl (C=O) groups is 1. The van der Waals surface area contributed by atoms with E-state index in [1.165, 1.54) is 10.3 Å². The molecule has 0 saturated carbocycles. The van der Waals surface area contributed by atoms with E-state index >= 15 is 0 Å². The predicted molar refractivity (Wildman–Crippen MR) is 74.8 cm³/mol. The number of hydrogen-bond acceptors (Lipinski definition) is 5. The summed E-state index contributed by atoms with van der Waals surface area (Å²) >= 11 is 0.954. The normalized spacial score (nSPS) is 18.9. The lowest BCUT2D eigenvalue weighted by Gasteiger charge is -2.33. The third-order valence-corrected chi connectivity index (χ3v) is 4.65. The minimum absolute atomic E-state index is 0.0819. The zero-order valence-electron chi connectivity index (χ0n) is 12.0. The number of alkyl halides is 3. The van der Waals surface area contributed by atoms with Crippen molar-refractivity contribution in [1.29, 1.82) is 0 Å². The van der Waals surface area contributed by atoms with Gasteiger partial charge in [-0.25, -0.2) is 0 Å². The molecule has 1 unspecified atom stereocenters. The average Bonchev–Trinajstić information content (AvgIpc) is 3.05. The number of nitrogens with zero attached hydrogens (tertiary/aromatic N) is 4. The topological polar surface area (TPSA) is 71.2 Å². The highest BCUT2D eigenvalue weighted by Crippen LogP contribution is 2.35. The summed E-state index contributed by atoms with van der Waals surface area (Å²) in [5, 5.41) is 19.7. The van der Waals surface area contributed by atoms with Crippen LogP contribution in [0, 0.1) is 6.92 Å². The van der Waals surface area contributed by atoms with Crippen molar-refractivity contribution < 1.29 is 23.1 Å². The van der Waals surface area contributed by atoms with Gasteiger partial charge in [0.25, 0.3) is 0 Å². The first-order valence-electron chi connectivity index (χ1n) is 6.75. The zero-order chi connectivity index (χ0) is 16.8. The minimum Gasteiger partial charge on any atom is -0.480 e. The van der Waals surface area contributed by atoms with Crippen LogP contribution in [0.15, 0.2) is 10.8 Å². The van der Waals surface area contributed by atoms with Crippen LogP contribution in [0.25, 0.3) is 0 Å². The Kier molecular flexibility index (Phi) is 3.88. The Hall–Kier alpha value is -1.94. The van der Waals surface area contributed by atoms with Crippen molar-refractivity contribution in [3.8, 4) is 0 Å². The Labute approximate surface area is 133 Å². The lowest BCUT2D eigenvalue weighted by atomic mass is 10.1. The largest absolute Gasteiger partial charge is 0.480 e. The molecule has 2 aromatic heterocycles. The number of carboxylic acid groups (broad SMARTS) is 1. The third-order valence-electron chi connectivity index (χ3n) is 3.86. The third kappa shape index (κ3) is 2.95. The highest BCUT2D eigenvalue weighted by atomic mass is 32.1. The Morgan fingerprint density at radius 1 is 1.43 bits per heavy atom. The first-order chi connectivity index (χ1) is 10.8. The Balaban J connectivity index is 1.90. The average molecular weight is 346 g/mol. The van der Waals surface area contributed by atoms with Gasteiger partial charge in [-0.15, -0.1) is 10.2 Å². The maximum Gasteiger partial charge on any atom is 0.417 e. The van der Waals surface area contributed by atoms with Crippen LogP contribution < -0.4 is 0 Å². The first-order valence-corrected chi connectivity index (χ1v) is 7.69. The molecule has 0 aromatic carbocycles. The van der Waals surface area contributed by atoms with Crippen molar-refractivity contribution >= 4 is 17.3 Å². The monoisotopic (exact) mass is 346 g/mol. The van der Waals surface area contributed by atoms with Crippen LogP contribution in [0.1, 0.15) is 22.8 Å². The molecule has 0 aliphatic carbocycles. The summed E-state index contributed by atoms with van der Waals surface area (Å²) in [6.45, 7) is 1.88. The van der Waals surface area contributed by atoms with E-state index in [2.05, 4.69) is 10.2 Å². The smallest absolute Gasteiger partial charge is 0.417 e. The van der Waals surface area contributed by atoms with E-state index in [0.29, 0.717) is 11.6 Å². The molecular formula is C13H13F3N4O2S. The number of hydrogen-bond donors (Lipinski definition) is 1. The summed E-state index contributed by atoms with van der Waals surface area (Å²) in [6, 6.07) is -0.918. The fraction of sp³-hybridized carbons (Fsp3) is 0.462. The van der Waals surface area contributed by atoms with Gasteiger partial charge in [0.2, 0.25) is 0 Å². The standard InChI is InChI=1S/C13H13F3N4O2S/c1-7-17-18-11-4-19(10(12(21)22)3-20(7)11)2-8-5-23-6-9(8)13(14,15)16/h5-6,10H,2-4H2,1H3,(H,21,22). The van der Waals surface area contributed by atoms with Crippen molar-refractivity contribution in [3.63, 3.8) is 0 Å². The summed E-state index contributed by atoms with van der Waals surface area (Å²) < 4.78 is 40.6. The van der Waals surface area contributed by atoms with Gasteiger partial charge in [0.1, 0.15) is 17.7 Å². The number of thiophene rings is 1. The number of carboxylic acids is 1. The van der Waals surface area contributed by atoms with Gasteiger partial charge >= 0.3 is 12.1 Å². The molecule has 0 bridgehead atoms. The molecule has 1 aliphatic heterocycles. The van der Waals surface area contributed by atoms with Crippen LogP contribution in [-0.4, -0.2) is 36.8 Å². The molecule has 1 aliphatic rings. The molecule has 0 amide bonds. The molecule has 0 radical (unpaired) electrons. The highest BCUT2D eigenvalue weighted by Gasteiger charge is 2.37. The molecule has 1 atom stereocenters. The van der Waals surface area contributed by atoms with E-state index in [1.807, 2.05) is 0 Å². The summed E-state index contributed by atoms with van der Waals surface area (Å²) in [4.78, 5) is 13.0. The van der Waals surface area contributed by atoms with E-state index in [0.717, 1.165) is 16.7 Å². The zero-order valence-corrected chi connectivity index (χ0v) is 12.9. The summed E-state index contributed by atoms with van der Waals surface area (Å²) in [7, 11) is 0. The molecule has 0 fully saturated rings. The Bertz CT molecular complexity index is 740. The van der Waals surface area contributed by atoms with Crippen LogP contribution in [0.5, 0.6) is 0 Å². The van der Waals surface area contributed by atoms with Gasteiger partial charge in [-0.1, -0.05) is 0 Å². The molecular weight excluding hydrogens is 333 g/mol. The molecule has 0 saturated heterocycles. The van der Waals surface area contributed by atoms with Crippen molar-refractivity contribution in [2.24, 2.45) is 0 Å². The van der Waals surface area contributed by atoms with Gasteiger partial charge in [-0.3, -0.25) is 9.69 Å². The summed E-state index contributed by atoms with van der Waals surface area (Å²) in [6.07, 6.45) is -4.44. The molecule has 124 valence electrons. The maximum atomic E-state index is 13.0. The lowest BCUT2D eigenvalue weighted by Crippen LogP contribution is -2.47. The van der Waals surface area contributed by atoms with Crippen molar-refractivity contribution in [2.75, 3.05) is 0 Å². The highest BCUT2D eigenvalue weighted by molar-refractivity contribution is 7.08. The lowest BCUT2D eigenvalue weighted by molar-refractivity contribution is -0.145. The SMILES string of the molecule is Cc1nnc2n1CC(C(=O)O)N(Cc1cscc1C(F)(F)F)C2. The predicted octanol–water partition coefficient (Wildman–Crippen LogP) is 2.14. The number of fused-ring (bicyclic) bond motifs is 1. The maximum absolute atomic E-state index is 13.0. The quantitative estimate of drug-likeness (QED) is 0.922. The molecule has 23 heavy (non-hydrogen) atoms. The van der Waals surface area contributed by atoms with Crippen molar-refractivity contribution in [2.45, 2.75) is 38.8 Å². The number of aromatic nitrogens is 3. The van der Waals surface area contributed by atoms with Gasteiger partial charge in [0.05, 0.1) is 18.7 Å². The Morgan fingerprint density at radius 3 is 2.83 bits per heavy atom. The fourth-order valence-corrected chi connectivity index (χ4v) is 3.53.